The molecule has 2 atom stereocenters. The summed E-state index contributed by atoms with van der Waals surface area (Å²) in [5.41, 5.74) is 1.62. The van der Waals surface area contributed by atoms with Gasteiger partial charge in [-0.1, -0.05) is 44.5 Å². The molecule has 0 radical (unpaired) electrons. The summed E-state index contributed by atoms with van der Waals surface area (Å²) >= 11 is 6.18. The minimum Gasteiger partial charge on any atom is -0.480 e. The minimum absolute atomic E-state index is 0.0957. The summed E-state index contributed by atoms with van der Waals surface area (Å²) < 4.78 is 5.54. The number of halogens is 1. The van der Waals surface area contributed by atoms with Crippen LogP contribution >= 0.6 is 11.6 Å². The molecule has 0 saturated carbocycles. The summed E-state index contributed by atoms with van der Waals surface area (Å²) in [4.78, 5) is 39.6. The molecule has 2 heterocycles. The van der Waals surface area contributed by atoms with Crippen LogP contribution in [0.4, 0.5) is 4.79 Å². The highest BCUT2D eigenvalue weighted by atomic mass is 35.5. The Morgan fingerprint density at radius 1 is 1.25 bits per heavy atom. The maximum absolute atomic E-state index is 12.6. The number of nitrogens with zero attached hydrogens (tertiary/aromatic N) is 2. The molecule has 1 aromatic carbocycles. The first-order valence-corrected chi connectivity index (χ1v) is 9.67. The summed E-state index contributed by atoms with van der Waals surface area (Å²) in [7, 11) is 0. The van der Waals surface area contributed by atoms with E-state index in [1.807, 2.05) is 32.9 Å². The Bertz CT molecular complexity index is 804. The van der Waals surface area contributed by atoms with E-state index in [0.717, 1.165) is 11.1 Å². The number of hydrogen-bond acceptors (Lipinski definition) is 4. The van der Waals surface area contributed by atoms with Crippen molar-refractivity contribution in [1.29, 1.82) is 0 Å². The number of fused-ring (bicyclic) bond motifs is 1. The van der Waals surface area contributed by atoms with Crippen molar-refractivity contribution in [3.63, 3.8) is 0 Å². The second-order valence-electron chi connectivity index (χ2n) is 8.61. The van der Waals surface area contributed by atoms with E-state index in [2.05, 4.69) is 0 Å². The lowest BCUT2D eigenvalue weighted by molar-refractivity contribution is -0.148. The van der Waals surface area contributed by atoms with E-state index < -0.39 is 24.2 Å². The van der Waals surface area contributed by atoms with Gasteiger partial charge in [-0.25, -0.2) is 9.59 Å². The molecule has 3 rings (SSSR count). The largest absolute Gasteiger partial charge is 0.480 e. The Labute approximate surface area is 169 Å². The lowest BCUT2D eigenvalue weighted by Gasteiger charge is -2.25. The van der Waals surface area contributed by atoms with Gasteiger partial charge in [0.05, 0.1) is 13.1 Å². The van der Waals surface area contributed by atoms with Crippen LogP contribution in [0.1, 0.15) is 44.7 Å². The number of ether oxygens (including phenoxy) is 1. The Hall–Kier alpha value is -2.28. The van der Waals surface area contributed by atoms with Gasteiger partial charge in [0, 0.05) is 24.4 Å². The third-order valence-corrected chi connectivity index (χ3v) is 5.36. The highest BCUT2D eigenvalue weighted by Gasteiger charge is 2.42. The molecule has 152 valence electrons. The Kier molecular flexibility index (Phi) is 5.57. The minimum atomic E-state index is -1.08. The van der Waals surface area contributed by atoms with E-state index in [9.17, 15) is 19.5 Å². The zero-order chi connectivity index (χ0) is 20.6. The van der Waals surface area contributed by atoms with Crippen molar-refractivity contribution in [2.45, 2.75) is 58.8 Å². The molecule has 0 bridgehead atoms. The van der Waals surface area contributed by atoms with Crippen molar-refractivity contribution in [2.24, 2.45) is 5.41 Å². The number of carboxylic acids is 1. The molecular formula is C20H25ClN2O5. The second-order valence-corrected chi connectivity index (χ2v) is 9.02. The van der Waals surface area contributed by atoms with Gasteiger partial charge < -0.3 is 14.7 Å². The molecular weight excluding hydrogens is 384 g/mol. The number of carbonyl (C=O) groups excluding carboxylic acids is 2. The lowest BCUT2D eigenvalue weighted by atomic mass is 9.91. The molecule has 0 unspecified atom stereocenters. The molecule has 0 spiro atoms. The van der Waals surface area contributed by atoms with Gasteiger partial charge in [0.15, 0.2) is 0 Å². The third-order valence-electron chi connectivity index (χ3n) is 5.00. The van der Waals surface area contributed by atoms with Crippen molar-refractivity contribution in [3.05, 3.63) is 34.3 Å². The normalized spacial score (nSPS) is 21.6. The Morgan fingerprint density at radius 2 is 1.96 bits per heavy atom. The number of aliphatic carboxylic acids is 1. The van der Waals surface area contributed by atoms with Gasteiger partial charge in [-0.05, 0) is 22.6 Å². The number of carbonyl (C=O) groups is 3. The molecule has 8 heteroatoms. The Balaban J connectivity index is 1.63. The molecule has 1 fully saturated rings. The monoisotopic (exact) mass is 408 g/mol. The Morgan fingerprint density at radius 3 is 2.57 bits per heavy atom. The average Bonchev–Trinajstić information content (AvgIpc) is 3.18. The maximum Gasteiger partial charge on any atom is 0.410 e. The first-order chi connectivity index (χ1) is 13.0. The molecule has 7 nitrogen and oxygen atoms in total. The van der Waals surface area contributed by atoms with E-state index in [0.29, 0.717) is 18.1 Å². The molecule has 2 aliphatic rings. The van der Waals surface area contributed by atoms with Gasteiger partial charge >= 0.3 is 12.1 Å². The number of likely N-dealkylation sites (tertiary alicyclic amines) is 1. The van der Waals surface area contributed by atoms with Crippen molar-refractivity contribution in [3.8, 4) is 0 Å². The van der Waals surface area contributed by atoms with E-state index in [1.165, 1.54) is 9.80 Å². The standard InChI is InChI=1S/C20H25ClN2O5/c1-20(2,3)8-17(24)23-10-13(7-16(23)18(25)26)28-19(27)22-9-12-5-4-6-15(21)14(12)11-22/h4-6,13,16H,7-11H2,1-3H3,(H,25,26)/t13-,16+/m1/s1. The molecule has 1 aromatic rings. The first-order valence-electron chi connectivity index (χ1n) is 9.29. The summed E-state index contributed by atoms with van der Waals surface area (Å²) in [6, 6.07) is 4.56. The smallest absolute Gasteiger partial charge is 0.410 e. The van der Waals surface area contributed by atoms with E-state index >= 15 is 0 Å². The fourth-order valence-electron chi connectivity index (χ4n) is 3.67. The average molecular weight is 409 g/mol. The van der Waals surface area contributed by atoms with Gasteiger partial charge in [-0.3, -0.25) is 9.69 Å². The highest BCUT2D eigenvalue weighted by molar-refractivity contribution is 6.31. The quantitative estimate of drug-likeness (QED) is 0.829. The van der Waals surface area contributed by atoms with Crippen LogP contribution in [-0.2, 0) is 27.4 Å². The van der Waals surface area contributed by atoms with E-state index in [4.69, 9.17) is 16.3 Å². The van der Waals surface area contributed by atoms with Gasteiger partial charge in [-0.15, -0.1) is 0 Å². The van der Waals surface area contributed by atoms with E-state index in [1.54, 1.807) is 6.07 Å². The molecule has 1 N–H and O–H groups in total. The van der Waals surface area contributed by atoms with Gasteiger partial charge in [0.2, 0.25) is 5.91 Å². The molecule has 28 heavy (non-hydrogen) atoms. The van der Waals surface area contributed by atoms with Crippen molar-refractivity contribution >= 4 is 29.6 Å². The first kappa shape index (κ1) is 20.5. The van der Waals surface area contributed by atoms with Crippen molar-refractivity contribution in [1.82, 2.24) is 9.80 Å². The second kappa shape index (κ2) is 7.62. The van der Waals surface area contributed by atoms with Gasteiger partial charge in [0.25, 0.3) is 0 Å². The van der Waals surface area contributed by atoms with Crippen molar-refractivity contribution < 1.29 is 24.2 Å². The van der Waals surface area contributed by atoms with Gasteiger partial charge in [0.1, 0.15) is 12.1 Å². The molecule has 0 aromatic heterocycles. The summed E-state index contributed by atoms with van der Waals surface area (Å²) in [5, 5.41) is 10.1. The third kappa shape index (κ3) is 4.41. The number of hydrogen-bond donors (Lipinski definition) is 1. The SMILES string of the molecule is CC(C)(C)CC(=O)N1C[C@H](OC(=O)N2Cc3cccc(Cl)c3C2)C[C@H]1C(=O)O. The predicted molar refractivity (Wildman–Crippen MR) is 103 cm³/mol. The van der Waals surface area contributed by atoms with Crippen LogP contribution in [0.2, 0.25) is 5.02 Å². The number of benzene rings is 1. The number of rotatable bonds is 3. The highest BCUT2D eigenvalue weighted by Crippen LogP contribution is 2.31. The van der Waals surface area contributed by atoms with Crippen LogP contribution < -0.4 is 0 Å². The topological polar surface area (TPSA) is 87.2 Å². The number of amides is 2. The van der Waals surface area contributed by atoms with Gasteiger partial charge in [-0.2, -0.15) is 0 Å². The molecule has 2 amide bonds. The fourth-order valence-corrected chi connectivity index (χ4v) is 3.93. The molecule has 2 aliphatic heterocycles. The van der Waals surface area contributed by atoms with Crippen LogP contribution in [0, 0.1) is 5.41 Å². The van der Waals surface area contributed by atoms with Crippen molar-refractivity contribution in [2.75, 3.05) is 6.54 Å². The van der Waals surface area contributed by atoms with Crippen LogP contribution in [-0.4, -0.2) is 51.6 Å². The zero-order valence-electron chi connectivity index (χ0n) is 16.3. The lowest BCUT2D eigenvalue weighted by Crippen LogP contribution is -2.42. The maximum atomic E-state index is 12.6. The van der Waals surface area contributed by atoms with Crippen LogP contribution in [0.15, 0.2) is 18.2 Å². The molecule has 0 aliphatic carbocycles. The van der Waals surface area contributed by atoms with E-state index in [-0.39, 0.29) is 30.7 Å². The fraction of sp³-hybridized carbons (Fsp3) is 0.550. The van der Waals surface area contributed by atoms with Crippen LogP contribution in [0.25, 0.3) is 0 Å². The number of carboxylic acid groups (broad SMARTS) is 1. The molecule has 1 saturated heterocycles. The summed E-state index contributed by atoms with van der Waals surface area (Å²) in [6.45, 7) is 6.62. The summed E-state index contributed by atoms with van der Waals surface area (Å²) in [5.74, 6) is -1.32. The van der Waals surface area contributed by atoms with Crippen LogP contribution in [0.3, 0.4) is 0 Å². The predicted octanol–water partition coefficient (Wildman–Crippen LogP) is 3.28. The van der Waals surface area contributed by atoms with Crippen LogP contribution in [0.5, 0.6) is 0 Å². The zero-order valence-corrected chi connectivity index (χ0v) is 17.0. The summed E-state index contributed by atoms with van der Waals surface area (Å²) in [6.07, 6.45) is -0.834.